The van der Waals surface area contributed by atoms with E-state index in [9.17, 15) is 9.90 Å². The van der Waals surface area contributed by atoms with Crippen molar-refractivity contribution in [1.82, 2.24) is 5.32 Å². The Hall–Kier alpha value is -0.520. The molecule has 0 saturated heterocycles. The minimum Gasteiger partial charge on any atom is -0.392 e. The molecule has 0 heterocycles. The number of nitrogens with one attached hydrogen (secondary N) is 1. The van der Waals surface area contributed by atoms with Crippen LogP contribution in [0.2, 0.25) is 0 Å². The van der Waals surface area contributed by atoms with E-state index in [1.165, 1.54) is 11.8 Å². The van der Waals surface area contributed by atoms with E-state index in [-0.39, 0.29) is 17.2 Å². The van der Waals surface area contributed by atoms with Gasteiger partial charge in [-0.2, -0.15) is 0 Å². The van der Waals surface area contributed by atoms with Crippen molar-refractivity contribution < 1.29 is 9.90 Å². The normalized spacial score (nSPS) is 15.6. The fraction of sp³-hybridized carbons (Fsp3) is 0.500. The zero-order valence-electron chi connectivity index (χ0n) is 11.4. The van der Waals surface area contributed by atoms with Crippen LogP contribution in [0, 0.1) is 0 Å². The van der Waals surface area contributed by atoms with E-state index in [1.54, 1.807) is 6.92 Å². The molecule has 0 aromatic heterocycles. The molecular formula is C14H20BrNO2S. The molecule has 1 rings (SSSR count). The standard InChI is InChI=1S/C14H20BrNO2S/c1-9(12-4-6-13(15)7-5-12)16-14(18)8-19-11(3)10(2)17/h4-7,9-11,17H,8H2,1-3H3,(H,16,18). The number of amides is 1. The van der Waals surface area contributed by atoms with Crippen LogP contribution < -0.4 is 5.32 Å². The molecule has 3 atom stereocenters. The van der Waals surface area contributed by atoms with Crippen molar-refractivity contribution in [1.29, 1.82) is 0 Å². The van der Waals surface area contributed by atoms with Crippen LogP contribution in [0.25, 0.3) is 0 Å². The smallest absolute Gasteiger partial charge is 0.230 e. The summed E-state index contributed by atoms with van der Waals surface area (Å²) in [6.07, 6.45) is -0.401. The second-order valence-corrected chi connectivity index (χ2v) is 6.88. The van der Waals surface area contributed by atoms with Gasteiger partial charge in [-0.3, -0.25) is 4.79 Å². The molecule has 1 amide bonds. The molecule has 0 radical (unpaired) electrons. The van der Waals surface area contributed by atoms with Crippen LogP contribution in [0.1, 0.15) is 32.4 Å². The second kappa shape index (κ2) is 7.92. The van der Waals surface area contributed by atoms with E-state index < -0.39 is 6.10 Å². The van der Waals surface area contributed by atoms with Gasteiger partial charge in [-0.15, -0.1) is 11.8 Å². The van der Waals surface area contributed by atoms with Gasteiger partial charge in [0, 0.05) is 9.72 Å². The highest BCUT2D eigenvalue weighted by Crippen LogP contribution is 2.17. The van der Waals surface area contributed by atoms with Gasteiger partial charge in [-0.1, -0.05) is 35.0 Å². The zero-order valence-corrected chi connectivity index (χ0v) is 13.8. The number of hydrogen-bond acceptors (Lipinski definition) is 3. The highest BCUT2D eigenvalue weighted by molar-refractivity contribution is 9.10. The molecule has 0 aliphatic heterocycles. The van der Waals surface area contributed by atoms with Gasteiger partial charge >= 0.3 is 0 Å². The van der Waals surface area contributed by atoms with E-state index in [1.807, 2.05) is 38.1 Å². The molecule has 0 spiro atoms. The Bertz CT molecular complexity index is 408. The van der Waals surface area contributed by atoms with Crippen LogP contribution in [-0.2, 0) is 4.79 Å². The second-order valence-electron chi connectivity index (χ2n) is 4.60. The Morgan fingerprint density at radius 1 is 1.32 bits per heavy atom. The third kappa shape index (κ3) is 5.97. The predicted octanol–water partition coefficient (Wildman–Crippen LogP) is 3.13. The number of aliphatic hydroxyl groups is 1. The zero-order chi connectivity index (χ0) is 14.4. The quantitative estimate of drug-likeness (QED) is 0.832. The van der Waals surface area contributed by atoms with Crippen LogP contribution in [0.15, 0.2) is 28.7 Å². The molecule has 1 aromatic rings. The Kier molecular flexibility index (Phi) is 6.89. The van der Waals surface area contributed by atoms with Gasteiger partial charge < -0.3 is 10.4 Å². The van der Waals surface area contributed by atoms with Gasteiger partial charge in [0.1, 0.15) is 0 Å². The molecule has 106 valence electrons. The topological polar surface area (TPSA) is 49.3 Å². The van der Waals surface area contributed by atoms with Crippen LogP contribution in [0.4, 0.5) is 0 Å². The summed E-state index contributed by atoms with van der Waals surface area (Å²) < 4.78 is 1.02. The van der Waals surface area contributed by atoms with Crippen molar-refractivity contribution in [3.05, 3.63) is 34.3 Å². The summed E-state index contributed by atoms with van der Waals surface area (Å²) in [5.74, 6) is 0.361. The summed E-state index contributed by atoms with van der Waals surface area (Å²) in [6, 6.07) is 7.88. The SMILES string of the molecule is CC(NC(=O)CSC(C)C(C)O)c1ccc(Br)cc1. The van der Waals surface area contributed by atoms with Crippen LogP contribution in [0.3, 0.4) is 0 Å². The number of halogens is 1. The lowest BCUT2D eigenvalue weighted by atomic mass is 10.1. The minimum atomic E-state index is -0.401. The van der Waals surface area contributed by atoms with Crippen molar-refractivity contribution in [2.75, 3.05) is 5.75 Å². The molecule has 1 aromatic carbocycles. The van der Waals surface area contributed by atoms with Gasteiger partial charge in [0.15, 0.2) is 0 Å². The van der Waals surface area contributed by atoms with Crippen molar-refractivity contribution in [2.24, 2.45) is 0 Å². The number of hydrogen-bond donors (Lipinski definition) is 2. The highest BCUT2D eigenvalue weighted by atomic mass is 79.9. The molecule has 19 heavy (non-hydrogen) atoms. The number of benzene rings is 1. The van der Waals surface area contributed by atoms with Crippen molar-refractivity contribution >= 4 is 33.6 Å². The van der Waals surface area contributed by atoms with Crippen molar-refractivity contribution in [2.45, 2.75) is 38.2 Å². The number of aliphatic hydroxyl groups excluding tert-OH is 1. The number of carbonyl (C=O) groups excluding carboxylic acids is 1. The predicted molar refractivity (Wildman–Crippen MR) is 84.3 cm³/mol. The molecule has 0 bridgehead atoms. The summed E-state index contributed by atoms with van der Waals surface area (Å²) in [6.45, 7) is 5.62. The maximum atomic E-state index is 11.8. The Balaban J connectivity index is 2.42. The van der Waals surface area contributed by atoms with Gasteiger partial charge in [-0.25, -0.2) is 0 Å². The van der Waals surface area contributed by atoms with Crippen molar-refractivity contribution in [3.63, 3.8) is 0 Å². The van der Waals surface area contributed by atoms with E-state index in [4.69, 9.17) is 0 Å². The summed E-state index contributed by atoms with van der Waals surface area (Å²) in [5, 5.41) is 12.4. The number of thioether (sulfide) groups is 1. The summed E-state index contributed by atoms with van der Waals surface area (Å²) in [5.41, 5.74) is 1.07. The lowest BCUT2D eigenvalue weighted by Gasteiger charge is -2.17. The van der Waals surface area contributed by atoms with E-state index >= 15 is 0 Å². The fourth-order valence-electron chi connectivity index (χ4n) is 1.46. The van der Waals surface area contributed by atoms with Gasteiger partial charge in [0.2, 0.25) is 5.91 Å². The first-order valence-electron chi connectivity index (χ1n) is 6.24. The molecule has 0 saturated carbocycles. The molecular weight excluding hydrogens is 326 g/mol. The maximum absolute atomic E-state index is 11.8. The van der Waals surface area contributed by atoms with Gasteiger partial charge in [0.25, 0.3) is 0 Å². The summed E-state index contributed by atoms with van der Waals surface area (Å²) in [7, 11) is 0. The molecule has 3 unspecified atom stereocenters. The van der Waals surface area contributed by atoms with Crippen LogP contribution in [0.5, 0.6) is 0 Å². The minimum absolute atomic E-state index is 0.00656. The third-order valence-electron chi connectivity index (χ3n) is 2.90. The Morgan fingerprint density at radius 3 is 2.42 bits per heavy atom. The van der Waals surface area contributed by atoms with Crippen LogP contribution >= 0.6 is 27.7 Å². The molecule has 3 nitrogen and oxygen atoms in total. The number of rotatable bonds is 6. The van der Waals surface area contributed by atoms with Gasteiger partial charge in [0.05, 0.1) is 17.9 Å². The average Bonchev–Trinajstić information content (AvgIpc) is 2.36. The van der Waals surface area contributed by atoms with Crippen LogP contribution in [-0.4, -0.2) is 28.1 Å². The first-order valence-corrected chi connectivity index (χ1v) is 8.09. The molecule has 0 fully saturated rings. The number of carbonyl (C=O) groups is 1. The van der Waals surface area contributed by atoms with E-state index in [0.29, 0.717) is 5.75 Å². The molecule has 0 aliphatic rings. The Morgan fingerprint density at radius 2 is 1.89 bits per heavy atom. The fourth-order valence-corrected chi connectivity index (χ4v) is 2.50. The largest absolute Gasteiger partial charge is 0.392 e. The average molecular weight is 346 g/mol. The highest BCUT2D eigenvalue weighted by Gasteiger charge is 2.13. The Labute approximate surface area is 127 Å². The maximum Gasteiger partial charge on any atom is 0.230 e. The van der Waals surface area contributed by atoms with Crippen molar-refractivity contribution in [3.8, 4) is 0 Å². The van der Waals surface area contributed by atoms with E-state index in [2.05, 4.69) is 21.2 Å². The molecule has 5 heteroatoms. The van der Waals surface area contributed by atoms with Gasteiger partial charge in [-0.05, 0) is 31.5 Å². The summed E-state index contributed by atoms with van der Waals surface area (Å²) in [4.78, 5) is 11.8. The first-order chi connectivity index (χ1) is 8.90. The lowest BCUT2D eigenvalue weighted by molar-refractivity contribution is -0.119. The van der Waals surface area contributed by atoms with E-state index in [0.717, 1.165) is 10.0 Å². The first kappa shape index (κ1) is 16.5. The third-order valence-corrected chi connectivity index (χ3v) is 4.78. The monoisotopic (exact) mass is 345 g/mol. The summed E-state index contributed by atoms with van der Waals surface area (Å²) >= 11 is 4.85. The lowest BCUT2D eigenvalue weighted by Crippen LogP contribution is -2.29. The molecule has 0 aliphatic carbocycles. The molecule has 2 N–H and O–H groups in total.